The molecule has 6 bridgehead atoms. The zero-order valence-electron chi connectivity index (χ0n) is 75.2. The smallest absolute Gasteiger partial charge is 0.436 e. The molecule has 0 radical (unpaired) electrons. The summed E-state index contributed by atoms with van der Waals surface area (Å²) >= 11 is 19.7. The lowest BCUT2D eigenvalue weighted by Crippen LogP contribution is -2.55. The van der Waals surface area contributed by atoms with Crippen molar-refractivity contribution in [1.82, 2.24) is 0 Å². The number of hydrogen-bond acceptors (Lipinski definition) is 38. The van der Waals surface area contributed by atoms with E-state index in [2.05, 4.69) is 95.6 Å². The van der Waals surface area contributed by atoms with Gasteiger partial charge in [-0.15, -0.1) is 0 Å². The van der Waals surface area contributed by atoms with Crippen molar-refractivity contribution in [3.63, 3.8) is 0 Å². The first-order valence-corrected chi connectivity index (χ1v) is 55.7. The van der Waals surface area contributed by atoms with E-state index in [1.54, 1.807) is 93.6 Å². The highest BCUT2D eigenvalue weighted by molar-refractivity contribution is 9.11. The van der Waals surface area contributed by atoms with Crippen molar-refractivity contribution in [2.24, 2.45) is 71.0 Å². The van der Waals surface area contributed by atoms with Crippen LogP contribution in [-0.4, -0.2) is 212 Å². The molecule has 0 saturated carbocycles. The number of hydrogen-bond donors (Lipinski definition) is 1. The lowest BCUT2D eigenvalue weighted by atomic mass is 9.79. The Morgan fingerprint density at radius 2 is 0.522 bits per heavy atom. The van der Waals surface area contributed by atoms with E-state index in [4.69, 9.17) is 107 Å². The molecule has 9 aliphatic heterocycles. The number of aliphatic hydroxyl groups is 1. The van der Waals surface area contributed by atoms with Crippen molar-refractivity contribution in [3.8, 4) is 34.5 Å². The maximum absolute atomic E-state index is 12.8. The van der Waals surface area contributed by atoms with Gasteiger partial charge in [-0.25, -0.2) is 25.1 Å². The van der Waals surface area contributed by atoms with Crippen molar-refractivity contribution in [1.29, 1.82) is 0 Å². The van der Waals surface area contributed by atoms with Crippen LogP contribution in [0.4, 0.5) is 0 Å². The lowest BCUT2D eigenvalue weighted by molar-refractivity contribution is -0.301. The fraction of sp³-hybridized carbons (Fsp3) is 0.570. The topological polar surface area (TPSA) is 464 Å². The molecule has 9 fully saturated rings. The summed E-state index contributed by atoms with van der Waals surface area (Å²) in [5.74, 6) is -1.39. The standard InChI is InChI=1S/2C28H34Br2O12S2.C17H23BrO7S.C13H15BrO7S/c2*1-15-16(2)23(14-36-43(31,32)40-21-9-5-19(29)6-10-21)37-27(17(15)3)39-25-18(4)26(28-35-13-24(25)38-28)42-44(33,34)41-22-11-7-20(30)8-12-22;1-10-11(2)16(24-17(12(10)3)23-13(4)19)9-22-26(20,21)25-15-7-5-14(18)6-8-15;1-7-11(15)10-6-18-13(19-10)12(7)21-22(16,17)20-9-4-2-8(14)3-5-9/h2*5-12,15-18,23-28H,13-14H2,1-4H3;5-8,10-12,16-17H,9H2,1-4H3;2-5,7,10-13,15H,6H2,1H3/t2*15-,16-,17?,18-,23?,24?,25-,26?,27?,28+;10-,11-,12?,16?,17?;7-,10?,11?,12?,13+/m0000/s1. The first-order valence-electron chi connectivity index (χ1n) is 43.0. The van der Waals surface area contributed by atoms with Crippen molar-refractivity contribution < 1.29 is 167 Å². The minimum atomic E-state index is -4.49. The molecule has 136 heavy (non-hydrogen) atoms. The highest BCUT2D eigenvalue weighted by Gasteiger charge is 2.57. The first kappa shape index (κ1) is 110. The van der Waals surface area contributed by atoms with E-state index >= 15 is 0 Å². The molecule has 0 amide bonds. The number of carbonyl (C=O) groups excluding carboxylic acids is 1. The number of rotatable bonds is 32. The minimum Gasteiger partial charge on any atom is -0.436 e. The molecule has 0 aromatic heterocycles. The van der Waals surface area contributed by atoms with Crippen LogP contribution in [0, 0.1) is 71.0 Å². The van der Waals surface area contributed by atoms with E-state index in [-0.39, 0.29) is 127 Å². The van der Waals surface area contributed by atoms with Gasteiger partial charge in [-0.2, -0.15) is 50.5 Å². The van der Waals surface area contributed by atoms with Crippen LogP contribution in [0.15, 0.2) is 172 Å². The Kier molecular flexibility index (Phi) is 38.5. The Morgan fingerprint density at radius 3 is 0.787 bits per heavy atom. The monoisotopic (exact) mass is 2410 g/mol. The molecule has 15 rings (SSSR count). The van der Waals surface area contributed by atoms with Crippen LogP contribution < -0.4 is 25.1 Å². The zero-order valence-corrected chi connectivity index (χ0v) is 89.6. The van der Waals surface area contributed by atoms with Gasteiger partial charge in [0.2, 0.25) is 6.29 Å². The molecular weight excluding hydrogens is 2310 g/mol. The highest BCUT2D eigenvalue weighted by Crippen LogP contribution is 2.46. The molecule has 9 heterocycles. The molecule has 756 valence electrons. The van der Waals surface area contributed by atoms with Crippen molar-refractivity contribution >= 4 is 164 Å². The molecule has 9 aliphatic rings. The van der Waals surface area contributed by atoms with Crippen LogP contribution in [0.3, 0.4) is 0 Å². The van der Waals surface area contributed by atoms with Gasteiger partial charge in [-0.3, -0.25) is 4.79 Å². The maximum atomic E-state index is 12.8. The number of ether oxygens (including phenoxy) is 12. The average Bonchev–Trinajstić information content (AvgIpc) is 1.61. The number of aliphatic hydroxyl groups excluding tert-OH is 1. The van der Waals surface area contributed by atoms with Crippen LogP contribution in [-0.2, 0) is 149 Å². The molecule has 6 aromatic rings. The van der Waals surface area contributed by atoms with E-state index in [1.807, 2.05) is 62.3 Å². The second kappa shape index (κ2) is 47.5. The van der Waals surface area contributed by atoms with Crippen molar-refractivity contribution in [3.05, 3.63) is 172 Å². The molecule has 30 atom stereocenters. The molecule has 0 aliphatic carbocycles. The molecule has 16 unspecified atom stereocenters. The van der Waals surface area contributed by atoms with E-state index in [0.717, 1.165) is 26.8 Å². The number of halogens is 6. The second-order valence-corrected chi connectivity index (χ2v) is 46.8. The van der Waals surface area contributed by atoms with E-state index in [1.165, 1.54) is 79.7 Å². The Morgan fingerprint density at radius 1 is 0.294 bits per heavy atom. The largest absolute Gasteiger partial charge is 0.449 e. The fourth-order valence-electron chi connectivity index (χ4n) is 16.1. The molecule has 50 heteroatoms. The Bertz CT molecular complexity index is 5440. The van der Waals surface area contributed by atoms with Gasteiger partial charge in [-0.1, -0.05) is 179 Å². The van der Waals surface area contributed by atoms with Gasteiger partial charge < -0.3 is 87.0 Å². The Hall–Kier alpha value is -4.55. The SMILES string of the molecule is CC(=O)OC1OC(COS(=O)(=O)Oc2ccc(Br)cc2)[C@@H](C)[C@H](C)C1C.CC1C(O[C@@H]2C3CO[C@H](O3)C(OS(=O)(=O)Oc3ccc(Br)cc3)[C@H]2C)OC(COS(=O)(=O)Oc2ccc(Br)cc2)[C@@H](C)[C@@H]1C.CC1C(O[C@@H]2C3CO[C@H](O3)C(OS(=O)(=O)Oc3ccc(Br)cc3)[C@H]2C)OC(COS(=O)(=O)Oc2ccc(Br)cc2)[C@@H](C)[C@@H]1C.C[C@H]1C(O)C2CO[C@H](O2)C1OS(=O)(=O)Oc1ccc(Br)cc1. The van der Waals surface area contributed by atoms with Crippen LogP contribution in [0.1, 0.15) is 90.0 Å². The van der Waals surface area contributed by atoms with E-state index < -0.39 is 197 Å². The summed E-state index contributed by atoms with van der Waals surface area (Å²) in [5, 5.41) is 10.0. The molecule has 1 N–H and O–H groups in total. The third-order valence-corrected chi connectivity index (χ3v) is 33.2. The number of benzene rings is 6. The normalized spacial score (nSPS) is 33.2. The van der Waals surface area contributed by atoms with Gasteiger partial charge in [-0.05, 0) is 181 Å². The van der Waals surface area contributed by atoms with E-state index in [0.29, 0.717) is 0 Å². The van der Waals surface area contributed by atoms with Gasteiger partial charge in [0.05, 0.1) is 76.3 Å². The second-order valence-electron chi connectivity index (χ2n) is 34.1. The van der Waals surface area contributed by atoms with Gasteiger partial charge in [0, 0.05) is 69.3 Å². The third-order valence-electron chi connectivity index (χ3n) is 25.0. The molecule has 9 saturated heterocycles. The highest BCUT2D eigenvalue weighted by atomic mass is 79.9. The van der Waals surface area contributed by atoms with Crippen LogP contribution in [0.2, 0.25) is 0 Å². The molecule has 38 nitrogen and oxygen atoms in total. The number of carbonyl (C=O) groups is 1. The van der Waals surface area contributed by atoms with Crippen molar-refractivity contribution in [2.45, 2.75) is 201 Å². The van der Waals surface area contributed by atoms with Gasteiger partial charge >= 0.3 is 68.4 Å². The van der Waals surface area contributed by atoms with Crippen LogP contribution in [0.25, 0.3) is 0 Å². The predicted octanol–water partition coefficient (Wildman–Crippen LogP) is 14.4. The summed E-state index contributed by atoms with van der Waals surface area (Å²) in [6.45, 7) is 24.1. The van der Waals surface area contributed by atoms with Gasteiger partial charge in [0.1, 0.15) is 71.1 Å². The van der Waals surface area contributed by atoms with Gasteiger partial charge in [0.15, 0.2) is 31.5 Å². The maximum Gasteiger partial charge on any atom is 0.449 e. The van der Waals surface area contributed by atoms with Crippen molar-refractivity contribution in [2.75, 3.05) is 39.6 Å². The lowest BCUT2D eigenvalue weighted by Gasteiger charge is -2.46. The number of esters is 1. The zero-order chi connectivity index (χ0) is 99.0. The summed E-state index contributed by atoms with van der Waals surface area (Å²) in [4.78, 5) is 11.2. The number of fused-ring (bicyclic) bond motifs is 6. The Labute approximate surface area is 842 Å². The Balaban J connectivity index is 0.000000170. The summed E-state index contributed by atoms with van der Waals surface area (Å²) in [5.41, 5.74) is 0. The summed E-state index contributed by atoms with van der Waals surface area (Å²) in [6.07, 6.45) is -13.5. The third kappa shape index (κ3) is 30.3. The van der Waals surface area contributed by atoms with Gasteiger partial charge in [0.25, 0.3) is 0 Å². The molecule has 6 aromatic carbocycles. The van der Waals surface area contributed by atoms with Crippen LogP contribution >= 0.6 is 95.6 Å². The first-order chi connectivity index (χ1) is 63.9. The van der Waals surface area contributed by atoms with E-state index in [9.17, 15) is 60.4 Å². The minimum absolute atomic E-state index is 0.0132. The summed E-state index contributed by atoms with van der Waals surface area (Å²) in [6, 6.07) is 37.7. The summed E-state index contributed by atoms with van der Waals surface area (Å²) in [7, 11) is -26.3. The van der Waals surface area contributed by atoms with Crippen LogP contribution in [0.5, 0.6) is 34.5 Å². The predicted molar refractivity (Wildman–Crippen MR) is 502 cm³/mol. The molecule has 0 spiro atoms. The summed E-state index contributed by atoms with van der Waals surface area (Å²) < 4.78 is 286. The molecular formula is C86H106Br6O38S6. The fourth-order valence-corrected chi connectivity index (χ4v) is 22.5. The quantitative estimate of drug-likeness (QED) is 0.0383. The average molecular weight is 2420 g/mol.